The van der Waals surface area contributed by atoms with E-state index in [1.54, 1.807) is 18.2 Å². The fourth-order valence-electron chi connectivity index (χ4n) is 2.40. The highest BCUT2D eigenvalue weighted by Crippen LogP contribution is 2.32. The smallest absolute Gasteiger partial charge is 0.433 e. The van der Waals surface area contributed by atoms with Crippen LogP contribution in [-0.2, 0) is 11.0 Å². The fourth-order valence-corrected chi connectivity index (χ4v) is 3.06. The molecule has 7 nitrogen and oxygen atoms in total. The lowest BCUT2D eigenvalue weighted by Gasteiger charge is -2.12. The lowest BCUT2D eigenvalue weighted by Crippen LogP contribution is -2.15. The molecule has 1 aromatic carbocycles. The molecule has 0 fully saturated rings. The average molecular weight is 439 g/mol. The third-order valence-corrected chi connectivity index (χ3v) is 4.63. The Balaban J connectivity index is 1.75. The van der Waals surface area contributed by atoms with Gasteiger partial charge in [0.05, 0.1) is 31.9 Å². The monoisotopic (exact) mass is 439 g/mol. The molecule has 30 heavy (non-hydrogen) atoms. The van der Waals surface area contributed by atoms with Crippen LogP contribution < -0.4 is 14.8 Å². The normalized spacial score (nSPS) is 11.2. The number of carbonyl (C=O) groups excluding carboxylic acids is 1. The van der Waals surface area contributed by atoms with Gasteiger partial charge in [0.2, 0.25) is 5.91 Å². The minimum absolute atomic E-state index is 0.0259. The standard InChI is InChI=1S/C19H16F3N3O4S/c1-27-11-5-6-12(15(8-11)28-2)23-17(26)10-30-18-24-13(14-4-3-7-29-14)9-16(25-18)19(20,21)22/h3-9H,10H2,1-2H3,(H,23,26). The van der Waals surface area contributed by atoms with E-state index in [4.69, 9.17) is 13.9 Å². The Labute approximate surface area is 173 Å². The molecular formula is C19H16F3N3O4S. The molecule has 3 rings (SSSR count). The molecule has 0 aliphatic carbocycles. The van der Waals surface area contributed by atoms with Gasteiger partial charge >= 0.3 is 6.18 Å². The average Bonchev–Trinajstić information content (AvgIpc) is 3.26. The number of methoxy groups -OCH3 is 2. The Morgan fingerprint density at radius 2 is 1.97 bits per heavy atom. The second kappa shape index (κ2) is 9.08. The molecule has 1 N–H and O–H groups in total. The van der Waals surface area contributed by atoms with Crippen LogP contribution in [0, 0.1) is 0 Å². The number of halogens is 3. The van der Waals surface area contributed by atoms with Crippen molar-refractivity contribution >= 4 is 23.4 Å². The number of hydrogen-bond acceptors (Lipinski definition) is 7. The Bertz CT molecular complexity index is 1030. The predicted octanol–water partition coefficient (Wildman–Crippen LogP) is 4.50. The zero-order chi connectivity index (χ0) is 21.7. The lowest BCUT2D eigenvalue weighted by atomic mass is 10.2. The van der Waals surface area contributed by atoms with Gasteiger partial charge < -0.3 is 19.2 Å². The van der Waals surface area contributed by atoms with Crippen molar-refractivity contribution in [2.45, 2.75) is 11.3 Å². The number of alkyl halides is 3. The first-order valence-electron chi connectivity index (χ1n) is 8.45. The quantitative estimate of drug-likeness (QED) is 0.428. The van der Waals surface area contributed by atoms with Gasteiger partial charge in [0.15, 0.2) is 10.9 Å². The van der Waals surface area contributed by atoms with Crippen LogP contribution >= 0.6 is 11.8 Å². The molecule has 0 saturated heterocycles. The molecule has 2 heterocycles. The van der Waals surface area contributed by atoms with E-state index >= 15 is 0 Å². The van der Waals surface area contributed by atoms with Crippen LogP contribution in [0.1, 0.15) is 5.69 Å². The molecule has 0 aliphatic heterocycles. The van der Waals surface area contributed by atoms with Crippen molar-refractivity contribution in [2.75, 3.05) is 25.3 Å². The van der Waals surface area contributed by atoms with Crippen LogP contribution in [-0.4, -0.2) is 35.8 Å². The van der Waals surface area contributed by atoms with Crippen LogP contribution in [0.3, 0.4) is 0 Å². The maximum absolute atomic E-state index is 13.2. The van der Waals surface area contributed by atoms with Crippen molar-refractivity contribution in [3.63, 3.8) is 0 Å². The first-order valence-corrected chi connectivity index (χ1v) is 9.43. The van der Waals surface area contributed by atoms with Crippen LogP contribution in [0.25, 0.3) is 11.5 Å². The summed E-state index contributed by atoms with van der Waals surface area (Å²) in [5, 5.41) is 2.43. The first kappa shape index (κ1) is 21.5. The first-order chi connectivity index (χ1) is 14.3. The van der Waals surface area contributed by atoms with Crippen LogP contribution in [0.15, 0.2) is 52.2 Å². The highest BCUT2D eigenvalue weighted by atomic mass is 32.2. The Kier molecular flexibility index (Phi) is 6.50. The summed E-state index contributed by atoms with van der Waals surface area (Å²) in [6.45, 7) is 0. The van der Waals surface area contributed by atoms with Crippen LogP contribution in [0.5, 0.6) is 11.5 Å². The molecule has 3 aromatic rings. The number of hydrogen-bond donors (Lipinski definition) is 1. The Morgan fingerprint density at radius 3 is 2.60 bits per heavy atom. The minimum Gasteiger partial charge on any atom is -0.497 e. The zero-order valence-corrected chi connectivity index (χ0v) is 16.6. The van der Waals surface area contributed by atoms with Crippen molar-refractivity contribution in [2.24, 2.45) is 0 Å². The summed E-state index contributed by atoms with van der Waals surface area (Å²) in [6.07, 6.45) is -3.34. The Morgan fingerprint density at radius 1 is 1.17 bits per heavy atom. The molecule has 0 radical (unpaired) electrons. The second-order valence-corrected chi connectivity index (χ2v) is 6.74. The molecule has 0 atom stereocenters. The molecule has 0 aliphatic rings. The van der Waals surface area contributed by atoms with Gasteiger partial charge in [-0.2, -0.15) is 13.2 Å². The number of furan rings is 1. The van der Waals surface area contributed by atoms with Gasteiger partial charge in [0.1, 0.15) is 22.9 Å². The van der Waals surface area contributed by atoms with Crippen molar-refractivity contribution < 1.29 is 31.9 Å². The maximum Gasteiger partial charge on any atom is 0.433 e. The van der Waals surface area contributed by atoms with E-state index in [9.17, 15) is 18.0 Å². The summed E-state index contributed by atoms with van der Waals surface area (Å²) in [7, 11) is 2.93. The van der Waals surface area contributed by atoms with Crippen molar-refractivity contribution in [3.05, 3.63) is 48.4 Å². The number of amides is 1. The lowest BCUT2D eigenvalue weighted by molar-refractivity contribution is -0.141. The van der Waals surface area contributed by atoms with Crippen LogP contribution in [0.4, 0.5) is 18.9 Å². The van der Waals surface area contributed by atoms with E-state index < -0.39 is 17.8 Å². The number of anilines is 1. The summed E-state index contributed by atoms with van der Waals surface area (Å²) in [4.78, 5) is 19.9. The summed E-state index contributed by atoms with van der Waals surface area (Å²) >= 11 is 0.769. The molecule has 0 bridgehead atoms. The molecule has 1 amide bonds. The van der Waals surface area contributed by atoms with Gasteiger partial charge in [-0.15, -0.1) is 0 Å². The van der Waals surface area contributed by atoms with Crippen molar-refractivity contribution in [1.82, 2.24) is 9.97 Å². The number of nitrogens with zero attached hydrogens (tertiary/aromatic N) is 2. The summed E-state index contributed by atoms with van der Waals surface area (Å²) < 4.78 is 55.0. The van der Waals surface area contributed by atoms with E-state index in [-0.39, 0.29) is 22.4 Å². The van der Waals surface area contributed by atoms with Gasteiger partial charge in [-0.05, 0) is 30.3 Å². The van der Waals surface area contributed by atoms with Crippen LogP contribution in [0.2, 0.25) is 0 Å². The highest BCUT2D eigenvalue weighted by Gasteiger charge is 2.34. The molecule has 0 saturated carbocycles. The van der Waals surface area contributed by atoms with Gasteiger partial charge in [-0.1, -0.05) is 11.8 Å². The molecule has 2 aromatic heterocycles. The maximum atomic E-state index is 13.2. The van der Waals surface area contributed by atoms with E-state index in [1.807, 2.05) is 0 Å². The topological polar surface area (TPSA) is 86.5 Å². The largest absolute Gasteiger partial charge is 0.497 e. The summed E-state index contributed by atoms with van der Waals surface area (Å²) in [5.41, 5.74) is -0.754. The molecule has 0 unspecified atom stereocenters. The van der Waals surface area contributed by atoms with E-state index in [1.165, 1.54) is 32.6 Å². The van der Waals surface area contributed by atoms with Crippen molar-refractivity contribution in [1.29, 1.82) is 0 Å². The SMILES string of the molecule is COc1ccc(NC(=O)CSc2nc(-c3ccco3)cc(C(F)(F)F)n2)c(OC)c1. The second-order valence-electron chi connectivity index (χ2n) is 5.80. The predicted molar refractivity (Wildman–Crippen MR) is 104 cm³/mol. The Hall–Kier alpha value is -3.21. The number of ether oxygens (including phenoxy) is 2. The van der Waals surface area contributed by atoms with Gasteiger partial charge in [0, 0.05) is 6.07 Å². The summed E-state index contributed by atoms with van der Waals surface area (Å²) in [5.74, 6) is 0.403. The number of carbonyl (C=O) groups is 1. The minimum atomic E-state index is -4.67. The number of nitrogens with one attached hydrogen (secondary N) is 1. The van der Waals surface area contributed by atoms with E-state index in [0.717, 1.165) is 17.8 Å². The third-order valence-electron chi connectivity index (χ3n) is 3.78. The summed E-state index contributed by atoms with van der Waals surface area (Å²) in [6, 6.07) is 8.64. The third kappa shape index (κ3) is 5.23. The molecule has 0 spiro atoms. The van der Waals surface area contributed by atoms with Gasteiger partial charge in [-0.25, -0.2) is 9.97 Å². The number of rotatable bonds is 7. The fraction of sp³-hybridized carbons (Fsp3) is 0.211. The number of aromatic nitrogens is 2. The highest BCUT2D eigenvalue weighted by molar-refractivity contribution is 7.99. The van der Waals surface area contributed by atoms with Gasteiger partial charge in [-0.3, -0.25) is 4.79 Å². The number of benzene rings is 1. The zero-order valence-electron chi connectivity index (χ0n) is 15.8. The van der Waals surface area contributed by atoms with E-state index in [0.29, 0.717) is 17.2 Å². The number of thioether (sulfide) groups is 1. The van der Waals surface area contributed by atoms with Crippen molar-refractivity contribution in [3.8, 4) is 23.0 Å². The molecular weight excluding hydrogens is 423 g/mol. The molecule has 11 heteroatoms. The molecule has 158 valence electrons. The van der Waals surface area contributed by atoms with E-state index in [2.05, 4.69) is 15.3 Å². The van der Waals surface area contributed by atoms with Gasteiger partial charge in [0.25, 0.3) is 0 Å².